The molecule has 0 bridgehead atoms. The average molecular weight is 458 g/mol. The number of benzene rings is 1. The Morgan fingerprint density at radius 2 is 1.91 bits per heavy atom. The number of piperidine rings is 1. The quantitative estimate of drug-likeness (QED) is 0.553. The summed E-state index contributed by atoms with van der Waals surface area (Å²) in [5.41, 5.74) is 0.941. The zero-order valence-electron chi connectivity index (χ0n) is 19.0. The molecule has 4 rings (SSSR count). The Balaban J connectivity index is 1.25. The Morgan fingerprint density at radius 1 is 1.19 bits per heavy atom. The van der Waals surface area contributed by atoms with Crippen molar-refractivity contribution < 1.29 is 9.53 Å². The Morgan fingerprint density at radius 3 is 2.59 bits per heavy atom. The topological polar surface area (TPSA) is 75.2 Å². The van der Waals surface area contributed by atoms with Crippen molar-refractivity contribution in [3.8, 4) is 17.1 Å². The fourth-order valence-corrected chi connectivity index (χ4v) is 5.17. The molecule has 1 aliphatic heterocycles. The molecule has 1 saturated heterocycles. The molecular formula is C24H35N5O2S. The lowest BCUT2D eigenvalue weighted by Crippen LogP contribution is -2.45. The molecule has 0 spiro atoms. The van der Waals surface area contributed by atoms with Crippen molar-refractivity contribution in [3.63, 3.8) is 0 Å². The van der Waals surface area contributed by atoms with Gasteiger partial charge in [-0.3, -0.25) is 14.5 Å². The number of carbonyl (C=O) groups excluding carboxylic acids is 1. The Bertz CT molecular complexity index is 925. The first kappa shape index (κ1) is 23.0. The Labute approximate surface area is 195 Å². The highest BCUT2D eigenvalue weighted by atomic mass is 32.1. The number of carbonyl (C=O) groups is 1. The number of H-pyrrole nitrogens is 1. The summed E-state index contributed by atoms with van der Waals surface area (Å²) in [5.74, 6) is 2.54. The first-order valence-electron chi connectivity index (χ1n) is 12.0. The summed E-state index contributed by atoms with van der Waals surface area (Å²) in [6.07, 6.45) is 8.07. The largest absolute Gasteiger partial charge is 0.494 e. The fraction of sp³-hybridized carbons (Fsp3) is 0.625. The minimum atomic E-state index is 0.0833. The van der Waals surface area contributed by atoms with Gasteiger partial charge < -0.3 is 15.0 Å². The van der Waals surface area contributed by atoms with Crippen LogP contribution in [0.2, 0.25) is 0 Å². The van der Waals surface area contributed by atoms with Crippen molar-refractivity contribution in [2.45, 2.75) is 64.5 Å². The van der Waals surface area contributed by atoms with Crippen LogP contribution in [-0.4, -0.2) is 57.9 Å². The molecule has 174 valence electrons. The Kier molecular flexibility index (Phi) is 7.97. The van der Waals surface area contributed by atoms with Gasteiger partial charge in [0.25, 0.3) is 0 Å². The zero-order chi connectivity index (χ0) is 22.3. The first-order valence-corrected chi connectivity index (χ1v) is 12.4. The highest BCUT2D eigenvalue weighted by Gasteiger charge is 2.24. The van der Waals surface area contributed by atoms with Gasteiger partial charge in [0.15, 0.2) is 10.6 Å². The number of likely N-dealkylation sites (tertiary alicyclic amines) is 1. The van der Waals surface area contributed by atoms with Gasteiger partial charge in [-0.05, 0) is 75.0 Å². The number of nitrogens with zero attached hydrogens (tertiary/aromatic N) is 3. The van der Waals surface area contributed by atoms with Gasteiger partial charge in [-0.2, -0.15) is 5.10 Å². The van der Waals surface area contributed by atoms with Gasteiger partial charge in [0.2, 0.25) is 5.91 Å². The van der Waals surface area contributed by atoms with Gasteiger partial charge in [0.05, 0.1) is 6.61 Å². The normalized spacial score (nSPS) is 18.2. The fourth-order valence-electron chi connectivity index (χ4n) is 4.94. The molecule has 2 N–H and O–H groups in total. The number of nitrogens with one attached hydrogen (secondary N) is 2. The maximum atomic E-state index is 12.6. The highest BCUT2D eigenvalue weighted by molar-refractivity contribution is 7.71. The minimum Gasteiger partial charge on any atom is -0.494 e. The number of hydrogen-bond donors (Lipinski definition) is 2. The number of ether oxygens (including phenoxy) is 1. The zero-order valence-corrected chi connectivity index (χ0v) is 19.8. The molecule has 1 aliphatic carbocycles. The van der Waals surface area contributed by atoms with E-state index in [-0.39, 0.29) is 11.9 Å². The van der Waals surface area contributed by atoms with E-state index in [1.165, 1.54) is 32.2 Å². The summed E-state index contributed by atoms with van der Waals surface area (Å²) in [6, 6.07) is 8.06. The maximum absolute atomic E-state index is 12.6. The minimum absolute atomic E-state index is 0.0833. The predicted molar refractivity (Wildman–Crippen MR) is 128 cm³/mol. The van der Waals surface area contributed by atoms with Gasteiger partial charge in [-0.25, -0.2) is 0 Å². The SMILES string of the molecule is CCOc1ccc(-c2n[nH]c(=S)n2CCC(=O)NC2CCN(CC3CCCC3)CC2)cc1. The smallest absolute Gasteiger partial charge is 0.222 e. The predicted octanol–water partition coefficient (Wildman–Crippen LogP) is 4.17. The van der Waals surface area contributed by atoms with Crippen molar-refractivity contribution in [1.29, 1.82) is 0 Å². The van der Waals surface area contributed by atoms with Crippen LogP contribution in [0.1, 0.15) is 51.9 Å². The molecule has 1 aromatic heterocycles. The number of rotatable bonds is 9. The van der Waals surface area contributed by atoms with Crippen molar-refractivity contribution in [1.82, 2.24) is 25.0 Å². The van der Waals surface area contributed by atoms with Crippen molar-refractivity contribution in [2.24, 2.45) is 5.92 Å². The summed E-state index contributed by atoms with van der Waals surface area (Å²) in [7, 11) is 0. The van der Waals surface area contributed by atoms with E-state index in [1.54, 1.807) is 0 Å². The molecule has 0 unspecified atom stereocenters. The molecule has 2 aliphatic rings. The number of aromatic amines is 1. The van der Waals surface area contributed by atoms with E-state index in [1.807, 2.05) is 35.8 Å². The second kappa shape index (κ2) is 11.1. The third-order valence-corrected chi connectivity index (χ3v) is 7.00. The lowest BCUT2D eigenvalue weighted by molar-refractivity contribution is -0.122. The van der Waals surface area contributed by atoms with Crippen LogP contribution in [0.25, 0.3) is 11.4 Å². The summed E-state index contributed by atoms with van der Waals surface area (Å²) >= 11 is 5.41. The van der Waals surface area contributed by atoms with Crippen molar-refractivity contribution in [3.05, 3.63) is 29.0 Å². The van der Waals surface area contributed by atoms with Crippen molar-refractivity contribution >= 4 is 18.1 Å². The third-order valence-electron chi connectivity index (χ3n) is 6.69. The molecule has 0 atom stereocenters. The average Bonchev–Trinajstić information content (AvgIpc) is 3.44. The monoisotopic (exact) mass is 457 g/mol. The van der Waals surface area contributed by atoms with Crippen LogP contribution in [0.3, 0.4) is 0 Å². The van der Waals surface area contributed by atoms with Crippen LogP contribution in [0.4, 0.5) is 0 Å². The first-order chi connectivity index (χ1) is 15.6. The Hall–Kier alpha value is -2.19. The van der Waals surface area contributed by atoms with E-state index in [0.717, 1.165) is 49.0 Å². The number of hydrogen-bond acceptors (Lipinski definition) is 5. The van der Waals surface area contributed by atoms with E-state index in [9.17, 15) is 4.79 Å². The summed E-state index contributed by atoms with van der Waals surface area (Å²) in [6.45, 7) is 6.53. The number of amides is 1. The lowest BCUT2D eigenvalue weighted by atomic mass is 10.0. The van der Waals surface area contributed by atoms with E-state index >= 15 is 0 Å². The van der Waals surface area contributed by atoms with Crippen molar-refractivity contribution in [2.75, 3.05) is 26.2 Å². The molecule has 2 aromatic rings. The lowest BCUT2D eigenvalue weighted by Gasteiger charge is -2.33. The van der Waals surface area contributed by atoms with Crippen LogP contribution in [0.15, 0.2) is 24.3 Å². The van der Waals surface area contributed by atoms with Crippen LogP contribution in [0, 0.1) is 10.7 Å². The van der Waals surface area contributed by atoms with Crippen LogP contribution >= 0.6 is 12.2 Å². The van der Waals surface area contributed by atoms with Gasteiger partial charge >= 0.3 is 0 Å². The summed E-state index contributed by atoms with van der Waals surface area (Å²) in [4.78, 5) is 15.2. The van der Waals surface area contributed by atoms with E-state index in [0.29, 0.717) is 24.3 Å². The summed E-state index contributed by atoms with van der Waals surface area (Å²) < 4.78 is 7.94. The van der Waals surface area contributed by atoms with Crippen LogP contribution in [-0.2, 0) is 11.3 Å². The van der Waals surface area contributed by atoms with Gasteiger partial charge in [-0.15, -0.1) is 0 Å². The summed E-state index contributed by atoms with van der Waals surface area (Å²) in [5, 5.41) is 10.5. The van der Waals surface area contributed by atoms with Gasteiger partial charge in [0, 0.05) is 44.2 Å². The number of aromatic nitrogens is 3. The van der Waals surface area contributed by atoms with E-state index in [4.69, 9.17) is 17.0 Å². The maximum Gasteiger partial charge on any atom is 0.222 e. The molecule has 2 heterocycles. The third kappa shape index (κ3) is 5.98. The second-order valence-corrected chi connectivity index (χ2v) is 9.39. The molecule has 1 aromatic carbocycles. The second-order valence-electron chi connectivity index (χ2n) is 9.00. The highest BCUT2D eigenvalue weighted by Crippen LogP contribution is 2.26. The van der Waals surface area contributed by atoms with Crippen LogP contribution in [0.5, 0.6) is 5.75 Å². The molecular weight excluding hydrogens is 422 g/mol. The molecule has 8 heteroatoms. The molecule has 2 fully saturated rings. The molecule has 1 amide bonds. The van der Waals surface area contributed by atoms with E-state index in [2.05, 4.69) is 20.4 Å². The van der Waals surface area contributed by atoms with Gasteiger partial charge in [-0.1, -0.05) is 12.8 Å². The van der Waals surface area contributed by atoms with Gasteiger partial charge in [0.1, 0.15) is 5.75 Å². The molecule has 7 nitrogen and oxygen atoms in total. The van der Waals surface area contributed by atoms with E-state index < -0.39 is 0 Å². The molecule has 0 radical (unpaired) electrons. The molecule has 32 heavy (non-hydrogen) atoms. The van der Waals surface area contributed by atoms with Crippen LogP contribution < -0.4 is 10.1 Å². The standard InChI is InChI=1S/C24H35N5O2S/c1-2-31-21-9-7-19(8-10-21)23-26-27-24(32)29(23)16-13-22(30)25-20-11-14-28(15-12-20)17-18-5-3-4-6-18/h7-10,18,20H,2-6,11-17H2,1H3,(H,25,30)(H,27,32). The molecule has 1 saturated carbocycles.